The summed E-state index contributed by atoms with van der Waals surface area (Å²) >= 11 is 5.19. The summed E-state index contributed by atoms with van der Waals surface area (Å²) in [6, 6.07) is 5.17. The molecule has 0 saturated carbocycles. The lowest BCUT2D eigenvalue weighted by Crippen LogP contribution is -2.35. The maximum absolute atomic E-state index is 13.2. The van der Waals surface area contributed by atoms with E-state index in [9.17, 15) is 9.59 Å². The molecule has 1 aromatic carbocycles. The van der Waals surface area contributed by atoms with Crippen LogP contribution in [0, 0.1) is 4.77 Å². The molecule has 0 aliphatic rings. The zero-order chi connectivity index (χ0) is 20.8. The first-order valence-electron chi connectivity index (χ1n) is 9.52. The Hall–Kier alpha value is -2.03. The quantitative estimate of drug-likeness (QED) is 0.646. The third-order valence-corrected chi connectivity index (χ3v) is 5.08. The van der Waals surface area contributed by atoms with Crippen LogP contribution in [0.4, 0.5) is 0 Å². The highest BCUT2D eigenvalue weighted by atomic mass is 32.1. The SMILES string of the molecule is CN(C)CCCN(CCCN(C)C)C(=O)c1ccc2c(=O)n(C)c(=S)[nH]c2c1. The maximum Gasteiger partial charge on any atom is 0.261 e. The highest BCUT2D eigenvalue weighted by Crippen LogP contribution is 2.13. The van der Waals surface area contributed by atoms with Crippen molar-refractivity contribution in [3.63, 3.8) is 0 Å². The summed E-state index contributed by atoms with van der Waals surface area (Å²) < 4.78 is 1.74. The highest BCUT2D eigenvalue weighted by molar-refractivity contribution is 7.71. The van der Waals surface area contributed by atoms with Gasteiger partial charge in [-0.05, 0) is 84.5 Å². The lowest BCUT2D eigenvalue weighted by molar-refractivity contribution is 0.0745. The van der Waals surface area contributed by atoms with E-state index in [0.717, 1.165) is 25.9 Å². The van der Waals surface area contributed by atoms with Crippen LogP contribution in [0.5, 0.6) is 0 Å². The van der Waals surface area contributed by atoms with E-state index in [4.69, 9.17) is 12.2 Å². The van der Waals surface area contributed by atoms with Crippen LogP contribution in [-0.4, -0.2) is 84.5 Å². The second-order valence-electron chi connectivity index (χ2n) is 7.66. The molecule has 1 heterocycles. The van der Waals surface area contributed by atoms with E-state index in [1.807, 2.05) is 33.1 Å². The van der Waals surface area contributed by atoms with Gasteiger partial charge in [0.15, 0.2) is 4.77 Å². The van der Waals surface area contributed by atoms with Gasteiger partial charge in [-0.3, -0.25) is 14.2 Å². The number of benzene rings is 1. The fourth-order valence-corrected chi connectivity index (χ4v) is 3.29. The van der Waals surface area contributed by atoms with E-state index in [1.54, 1.807) is 25.2 Å². The van der Waals surface area contributed by atoms with Gasteiger partial charge in [0, 0.05) is 25.7 Å². The topological polar surface area (TPSA) is 64.6 Å². The van der Waals surface area contributed by atoms with Crippen molar-refractivity contribution in [1.29, 1.82) is 0 Å². The molecule has 7 nitrogen and oxygen atoms in total. The number of nitrogens with zero attached hydrogens (tertiary/aromatic N) is 4. The smallest absolute Gasteiger partial charge is 0.261 e. The first kappa shape index (κ1) is 22.3. The number of aromatic amines is 1. The van der Waals surface area contributed by atoms with Crippen LogP contribution >= 0.6 is 12.2 Å². The van der Waals surface area contributed by atoms with Gasteiger partial charge in [-0.2, -0.15) is 0 Å². The van der Waals surface area contributed by atoms with Gasteiger partial charge in [0.05, 0.1) is 10.9 Å². The number of H-pyrrole nitrogens is 1. The minimum absolute atomic E-state index is 0.0144. The van der Waals surface area contributed by atoms with Gasteiger partial charge < -0.3 is 19.7 Å². The van der Waals surface area contributed by atoms with Crippen LogP contribution in [0.2, 0.25) is 0 Å². The molecule has 28 heavy (non-hydrogen) atoms. The second-order valence-corrected chi connectivity index (χ2v) is 8.05. The number of rotatable bonds is 9. The summed E-state index contributed by atoms with van der Waals surface area (Å²) in [4.78, 5) is 34.7. The Morgan fingerprint density at radius 1 is 1.04 bits per heavy atom. The molecule has 8 heteroatoms. The third-order valence-electron chi connectivity index (χ3n) is 4.70. The molecule has 1 N–H and O–H groups in total. The van der Waals surface area contributed by atoms with Crippen molar-refractivity contribution in [3.8, 4) is 0 Å². The molecule has 2 rings (SSSR count). The summed E-state index contributed by atoms with van der Waals surface area (Å²) in [6.45, 7) is 3.26. The Morgan fingerprint density at radius 2 is 1.61 bits per heavy atom. The molecule has 0 saturated heterocycles. The van der Waals surface area contributed by atoms with Crippen LogP contribution in [0.1, 0.15) is 23.2 Å². The molecule has 0 aliphatic heterocycles. The number of carbonyl (C=O) groups excluding carboxylic acids is 1. The summed E-state index contributed by atoms with van der Waals surface area (Å²) in [5.74, 6) is -0.0144. The molecule has 1 aromatic heterocycles. The summed E-state index contributed by atoms with van der Waals surface area (Å²) in [5, 5.41) is 0.527. The molecule has 2 aromatic rings. The molecule has 0 unspecified atom stereocenters. The fourth-order valence-electron chi connectivity index (χ4n) is 3.09. The van der Waals surface area contributed by atoms with Crippen molar-refractivity contribution in [2.45, 2.75) is 12.8 Å². The molecule has 0 radical (unpaired) electrons. The van der Waals surface area contributed by atoms with Gasteiger partial charge in [-0.25, -0.2) is 0 Å². The Morgan fingerprint density at radius 3 is 2.14 bits per heavy atom. The van der Waals surface area contributed by atoms with Crippen molar-refractivity contribution in [1.82, 2.24) is 24.3 Å². The molecular formula is C20H31N5O2S. The monoisotopic (exact) mass is 405 g/mol. The lowest BCUT2D eigenvalue weighted by atomic mass is 10.1. The van der Waals surface area contributed by atoms with E-state index in [-0.39, 0.29) is 11.5 Å². The lowest BCUT2D eigenvalue weighted by Gasteiger charge is -2.24. The molecule has 1 amide bonds. The first-order chi connectivity index (χ1) is 13.2. The number of hydrogen-bond acceptors (Lipinski definition) is 5. The van der Waals surface area contributed by atoms with Crippen LogP contribution in [0.15, 0.2) is 23.0 Å². The van der Waals surface area contributed by atoms with Gasteiger partial charge in [0.1, 0.15) is 0 Å². The average Bonchev–Trinajstić information content (AvgIpc) is 2.63. The molecule has 0 spiro atoms. The number of nitrogens with one attached hydrogen (secondary N) is 1. The van der Waals surface area contributed by atoms with Gasteiger partial charge >= 0.3 is 0 Å². The maximum atomic E-state index is 13.2. The van der Waals surface area contributed by atoms with E-state index in [2.05, 4.69) is 14.8 Å². The van der Waals surface area contributed by atoms with Crippen LogP contribution < -0.4 is 5.56 Å². The van der Waals surface area contributed by atoms with Gasteiger partial charge in [-0.15, -0.1) is 0 Å². The van der Waals surface area contributed by atoms with Crippen molar-refractivity contribution in [2.75, 3.05) is 54.4 Å². The van der Waals surface area contributed by atoms with E-state index < -0.39 is 0 Å². The van der Waals surface area contributed by atoms with Crippen molar-refractivity contribution >= 4 is 29.0 Å². The van der Waals surface area contributed by atoms with Crippen molar-refractivity contribution in [3.05, 3.63) is 38.9 Å². The van der Waals surface area contributed by atoms with Gasteiger partial charge in [0.25, 0.3) is 11.5 Å². The largest absolute Gasteiger partial charge is 0.339 e. The third kappa shape index (κ3) is 5.73. The summed E-state index contributed by atoms with van der Waals surface area (Å²) in [6.07, 6.45) is 1.83. The molecule has 0 atom stereocenters. The Labute approximate surface area is 171 Å². The Kier molecular flexibility index (Phi) is 7.91. The van der Waals surface area contributed by atoms with E-state index >= 15 is 0 Å². The molecule has 0 fully saturated rings. The summed E-state index contributed by atoms with van der Waals surface area (Å²) in [7, 11) is 9.76. The Bertz CT molecular complexity index is 918. The number of hydrogen-bond donors (Lipinski definition) is 1. The van der Waals surface area contributed by atoms with E-state index in [0.29, 0.717) is 34.3 Å². The van der Waals surface area contributed by atoms with Crippen molar-refractivity contribution < 1.29 is 4.79 Å². The van der Waals surface area contributed by atoms with Gasteiger partial charge in [-0.1, -0.05) is 0 Å². The number of aromatic nitrogens is 2. The van der Waals surface area contributed by atoms with E-state index in [1.165, 1.54) is 4.57 Å². The zero-order valence-electron chi connectivity index (χ0n) is 17.5. The zero-order valence-corrected chi connectivity index (χ0v) is 18.3. The van der Waals surface area contributed by atoms with Crippen LogP contribution in [-0.2, 0) is 7.05 Å². The normalized spacial score (nSPS) is 11.5. The molecule has 0 aliphatic carbocycles. The predicted molar refractivity (Wildman–Crippen MR) is 117 cm³/mol. The minimum atomic E-state index is -0.161. The first-order valence-corrected chi connectivity index (χ1v) is 9.93. The van der Waals surface area contributed by atoms with Crippen LogP contribution in [0.3, 0.4) is 0 Å². The molecular weight excluding hydrogens is 374 g/mol. The minimum Gasteiger partial charge on any atom is -0.339 e. The summed E-state index contributed by atoms with van der Waals surface area (Å²) in [5.41, 5.74) is 1.01. The predicted octanol–water partition coefficient (Wildman–Crippen LogP) is 1.94. The second kappa shape index (κ2) is 9.95. The molecule has 154 valence electrons. The van der Waals surface area contributed by atoms with Gasteiger partial charge in [0.2, 0.25) is 0 Å². The highest BCUT2D eigenvalue weighted by Gasteiger charge is 2.17. The molecule has 0 bridgehead atoms. The number of amides is 1. The Balaban J connectivity index is 2.26. The van der Waals surface area contributed by atoms with Crippen LogP contribution in [0.25, 0.3) is 10.9 Å². The number of carbonyl (C=O) groups is 1. The number of fused-ring (bicyclic) bond motifs is 1. The average molecular weight is 406 g/mol. The standard InChI is InChI=1S/C20H31N5O2S/c1-22(2)10-6-12-25(13-7-11-23(3)4)18(26)15-8-9-16-17(14-15)21-20(28)24(5)19(16)27/h8-9,14H,6-7,10-13H2,1-5H3,(H,21,28). The fraction of sp³-hybridized carbons (Fsp3) is 0.550. The van der Waals surface area contributed by atoms with Crippen molar-refractivity contribution in [2.24, 2.45) is 7.05 Å².